The SMILES string of the molecule is CC1Cc2ccccc2C1NC(=O)CCC(=O)c1ccc2c(c1)OCCO2. The average Bonchev–Trinajstić information content (AvgIpc) is 3.01. The molecule has 2 aromatic carbocycles. The van der Waals surface area contributed by atoms with Gasteiger partial charge in [-0.15, -0.1) is 0 Å². The Balaban J connectivity index is 1.35. The lowest BCUT2D eigenvalue weighted by Gasteiger charge is -2.19. The number of carbonyl (C=O) groups excluding carboxylic acids is 2. The largest absolute Gasteiger partial charge is 0.486 e. The second-order valence-electron chi connectivity index (χ2n) is 7.21. The van der Waals surface area contributed by atoms with Crippen molar-refractivity contribution in [2.45, 2.75) is 32.2 Å². The van der Waals surface area contributed by atoms with Gasteiger partial charge < -0.3 is 14.8 Å². The van der Waals surface area contributed by atoms with Gasteiger partial charge in [-0.25, -0.2) is 0 Å². The Kier molecular flexibility index (Phi) is 4.84. The van der Waals surface area contributed by atoms with Crippen LogP contribution in [-0.4, -0.2) is 24.9 Å². The number of ketones is 1. The minimum atomic E-state index is -0.0885. The summed E-state index contributed by atoms with van der Waals surface area (Å²) < 4.78 is 11.0. The molecule has 5 nitrogen and oxygen atoms in total. The minimum Gasteiger partial charge on any atom is -0.486 e. The van der Waals surface area contributed by atoms with Crippen molar-refractivity contribution in [3.05, 3.63) is 59.2 Å². The number of benzene rings is 2. The monoisotopic (exact) mass is 365 g/mol. The highest BCUT2D eigenvalue weighted by atomic mass is 16.6. The van der Waals surface area contributed by atoms with Crippen LogP contribution in [0.3, 0.4) is 0 Å². The summed E-state index contributed by atoms with van der Waals surface area (Å²) in [5.41, 5.74) is 3.03. The molecule has 1 aliphatic carbocycles. The fourth-order valence-electron chi connectivity index (χ4n) is 3.85. The highest BCUT2D eigenvalue weighted by Crippen LogP contribution is 2.35. The fraction of sp³-hybridized carbons (Fsp3) is 0.364. The van der Waals surface area contributed by atoms with Crippen molar-refractivity contribution >= 4 is 11.7 Å². The first-order valence-electron chi connectivity index (χ1n) is 9.42. The van der Waals surface area contributed by atoms with Gasteiger partial charge in [-0.05, 0) is 41.7 Å². The first kappa shape index (κ1) is 17.6. The van der Waals surface area contributed by atoms with Crippen LogP contribution in [-0.2, 0) is 11.2 Å². The minimum absolute atomic E-state index is 0.0260. The van der Waals surface area contributed by atoms with Crippen LogP contribution in [0, 0.1) is 5.92 Å². The topological polar surface area (TPSA) is 64.6 Å². The van der Waals surface area contributed by atoms with Crippen LogP contribution >= 0.6 is 0 Å². The van der Waals surface area contributed by atoms with Crippen molar-refractivity contribution < 1.29 is 19.1 Å². The van der Waals surface area contributed by atoms with Crippen LogP contribution in [0.2, 0.25) is 0 Å². The predicted molar refractivity (Wildman–Crippen MR) is 101 cm³/mol. The van der Waals surface area contributed by atoms with Crippen LogP contribution in [0.4, 0.5) is 0 Å². The third kappa shape index (κ3) is 3.68. The van der Waals surface area contributed by atoms with Gasteiger partial charge >= 0.3 is 0 Å². The molecule has 0 saturated heterocycles. The molecule has 27 heavy (non-hydrogen) atoms. The molecule has 1 aliphatic heterocycles. The molecule has 2 unspecified atom stereocenters. The molecule has 1 heterocycles. The Hall–Kier alpha value is -2.82. The van der Waals surface area contributed by atoms with Gasteiger partial charge in [0.2, 0.25) is 5.91 Å². The van der Waals surface area contributed by atoms with E-state index < -0.39 is 0 Å². The van der Waals surface area contributed by atoms with Crippen molar-refractivity contribution in [3.63, 3.8) is 0 Å². The molecule has 5 heteroatoms. The summed E-state index contributed by atoms with van der Waals surface area (Å²) in [6.45, 7) is 3.14. The Morgan fingerprint density at radius 2 is 1.81 bits per heavy atom. The number of Topliss-reactive ketones (excluding diaryl/α,β-unsaturated/α-hetero) is 1. The smallest absolute Gasteiger partial charge is 0.220 e. The number of hydrogen-bond donors (Lipinski definition) is 1. The van der Waals surface area contributed by atoms with E-state index in [-0.39, 0.29) is 30.6 Å². The molecular weight excluding hydrogens is 342 g/mol. The van der Waals surface area contributed by atoms with Gasteiger partial charge in [0.1, 0.15) is 13.2 Å². The maximum Gasteiger partial charge on any atom is 0.220 e. The highest BCUT2D eigenvalue weighted by molar-refractivity contribution is 5.98. The van der Waals surface area contributed by atoms with Gasteiger partial charge in [0, 0.05) is 18.4 Å². The lowest BCUT2D eigenvalue weighted by atomic mass is 10.0. The number of fused-ring (bicyclic) bond motifs is 2. The Bertz CT molecular complexity index is 876. The molecule has 0 bridgehead atoms. The van der Waals surface area contributed by atoms with Gasteiger partial charge in [-0.2, -0.15) is 0 Å². The van der Waals surface area contributed by atoms with Crippen molar-refractivity contribution in [2.24, 2.45) is 5.92 Å². The molecule has 140 valence electrons. The van der Waals surface area contributed by atoms with E-state index in [0.29, 0.717) is 36.2 Å². The van der Waals surface area contributed by atoms with Crippen LogP contribution in [0.15, 0.2) is 42.5 Å². The lowest BCUT2D eigenvalue weighted by molar-refractivity contribution is -0.122. The van der Waals surface area contributed by atoms with Crippen LogP contribution in [0.1, 0.15) is 47.3 Å². The Morgan fingerprint density at radius 1 is 1.04 bits per heavy atom. The molecule has 2 aliphatic rings. The van der Waals surface area contributed by atoms with E-state index in [1.54, 1.807) is 18.2 Å². The predicted octanol–water partition coefficient (Wildman–Crippen LogP) is 3.47. The Morgan fingerprint density at radius 3 is 2.67 bits per heavy atom. The highest BCUT2D eigenvalue weighted by Gasteiger charge is 2.30. The second kappa shape index (κ2) is 7.43. The first-order valence-corrected chi connectivity index (χ1v) is 9.42. The van der Waals surface area contributed by atoms with Crippen molar-refractivity contribution in [1.29, 1.82) is 0 Å². The van der Waals surface area contributed by atoms with Crippen LogP contribution < -0.4 is 14.8 Å². The number of hydrogen-bond acceptors (Lipinski definition) is 4. The van der Waals surface area contributed by atoms with E-state index in [1.807, 2.05) is 12.1 Å². The van der Waals surface area contributed by atoms with Crippen molar-refractivity contribution in [2.75, 3.05) is 13.2 Å². The third-order valence-electron chi connectivity index (χ3n) is 5.26. The van der Waals surface area contributed by atoms with Gasteiger partial charge in [0.05, 0.1) is 6.04 Å². The zero-order chi connectivity index (χ0) is 18.8. The van der Waals surface area contributed by atoms with E-state index in [9.17, 15) is 9.59 Å². The van der Waals surface area contributed by atoms with Gasteiger partial charge in [-0.3, -0.25) is 9.59 Å². The van der Waals surface area contributed by atoms with Gasteiger partial charge in [-0.1, -0.05) is 31.2 Å². The summed E-state index contributed by atoms with van der Waals surface area (Å²) in [5.74, 6) is 1.45. The molecule has 1 amide bonds. The standard InChI is InChI=1S/C22H23NO4/c1-14-12-15-4-2-3-5-17(15)22(14)23-21(25)9-7-18(24)16-6-8-19-20(13-16)27-11-10-26-19/h2-6,8,13-14,22H,7,9-12H2,1H3,(H,23,25). The molecule has 0 saturated carbocycles. The molecule has 2 aromatic rings. The lowest BCUT2D eigenvalue weighted by Crippen LogP contribution is -2.30. The summed E-state index contributed by atoms with van der Waals surface area (Å²) in [6, 6.07) is 13.4. The number of amides is 1. The molecule has 0 spiro atoms. The maximum atomic E-state index is 12.5. The van der Waals surface area contributed by atoms with E-state index in [4.69, 9.17) is 9.47 Å². The van der Waals surface area contributed by atoms with E-state index in [0.717, 1.165) is 6.42 Å². The molecular formula is C22H23NO4. The first-order chi connectivity index (χ1) is 13.1. The van der Waals surface area contributed by atoms with Crippen molar-refractivity contribution in [1.82, 2.24) is 5.32 Å². The normalized spacial score (nSPS) is 20.0. The number of ether oxygens (including phenoxy) is 2. The van der Waals surface area contributed by atoms with Crippen molar-refractivity contribution in [3.8, 4) is 11.5 Å². The number of carbonyl (C=O) groups is 2. The zero-order valence-electron chi connectivity index (χ0n) is 15.4. The molecule has 1 N–H and O–H groups in total. The number of nitrogens with one attached hydrogen (secondary N) is 1. The van der Waals surface area contributed by atoms with E-state index in [2.05, 4.69) is 24.4 Å². The second-order valence-corrected chi connectivity index (χ2v) is 7.21. The summed E-state index contributed by atoms with van der Waals surface area (Å²) >= 11 is 0. The summed E-state index contributed by atoms with van der Waals surface area (Å²) in [4.78, 5) is 24.9. The number of rotatable bonds is 5. The van der Waals surface area contributed by atoms with Crippen LogP contribution in [0.5, 0.6) is 11.5 Å². The van der Waals surface area contributed by atoms with E-state index in [1.165, 1.54) is 11.1 Å². The summed E-state index contributed by atoms with van der Waals surface area (Å²) in [6.07, 6.45) is 1.32. The third-order valence-corrected chi connectivity index (χ3v) is 5.26. The quantitative estimate of drug-likeness (QED) is 0.824. The zero-order valence-corrected chi connectivity index (χ0v) is 15.4. The molecule has 0 aromatic heterocycles. The Labute approximate surface area is 158 Å². The molecule has 4 rings (SSSR count). The molecule has 0 fully saturated rings. The molecule has 2 atom stereocenters. The van der Waals surface area contributed by atoms with Gasteiger partial charge in [0.15, 0.2) is 17.3 Å². The van der Waals surface area contributed by atoms with Gasteiger partial charge in [0.25, 0.3) is 0 Å². The fourth-order valence-corrected chi connectivity index (χ4v) is 3.85. The molecule has 0 radical (unpaired) electrons. The summed E-state index contributed by atoms with van der Waals surface area (Å²) in [7, 11) is 0. The van der Waals surface area contributed by atoms with Crippen LogP contribution in [0.25, 0.3) is 0 Å². The van der Waals surface area contributed by atoms with E-state index >= 15 is 0 Å². The maximum absolute atomic E-state index is 12.5. The average molecular weight is 365 g/mol. The summed E-state index contributed by atoms with van der Waals surface area (Å²) in [5, 5.41) is 3.11.